The Kier molecular flexibility index (Phi) is 3.78. The summed E-state index contributed by atoms with van der Waals surface area (Å²) in [5, 5.41) is 15.3. The molecule has 0 radical (unpaired) electrons. The van der Waals surface area contributed by atoms with Crippen LogP contribution in [0.5, 0.6) is 0 Å². The molecule has 0 amide bonds. The number of aliphatic hydroxyl groups is 1. The summed E-state index contributed by atoms with van der Waals surface area (Å²) in [7, 11) is -3.90. The lowest BCUT2D eigenvalue weighted by molar-refractivity contribution is 0.273. The fourth-order valence-electron chi connectivity index (χ4n) is 1.85. The molecule has 8 heteroatoms. The maximum atomic E-state index is 13.2. The second-order valence-corrected chi connectivity index (χ2v) is 5.97. The molecule has 3 N–H and O–H groups in total. The van der Waals surface area contributed by atoms with E-state index in [1.807, 2.05) is 0 Å². The summed E-state index contributed by atoms with van der Waals surface area (Å²) < 4.78 is 40.1. The summed E-state index contributed by atoms with van der Waals surface area (Å²) in [6.07, 6.45) is 0. The van der Waals surface area contributed by atoms with E-state index in [2.05, 4.69) is 14.9 Å². The van der Waals surface area contributed by atoms with Crippen LogP contribution in [-0.4, -0.2) is 23.7 Å². The molecule has 0 aliphatic heterocycles. The first-order valence-electron chi connectivity index (χ1n) is 5.79. The van der Waals surface area contributed by atoms with Crippen molar-refractivity contribution in [1.29, 1.82) is 0 Å². The maximum Gasteiger partial charge on any atom is 0.265 e. The van der Waals surface area contributed by atoms with Gasteiger partial charge in [-0.25, -0.2) is 12.8 Å². The lowest BCUT2D eigenvalue weighted by atomic mass is 10.2. The summed E-state index contributed by atoms with van der Waals surface area (Å²) >= 11 is 0. The van der Waals surface area contributed by atoms with Gasteiger partial charge in [-0.15, -0.1) is 0 Å². The molecule has 0 unspecified atom stereocenters. The number of sulfonamides is 1. The Hall–Kier alpha value is -1.93. The van der Waals surface area contributed by atoms with Crippen LogP contribution in [0.2, 0.25) is 0 Å². The van der Waals surface area contributed by atoms with E-state index < -0.39 is 22.4 Å². The lowest BCUT2D eigenvalue weighted by Gasteiger charge is -2.09. The number of aryl methyl sites for hydroxylation is 2. The third-order valence-electron chi connectivity index (χ3n) is 2.79. The molecule has 1 aromatic heterocycles. The van der Waals surface area contributed by atoms with Crippen LogP contribution in [0.3, 0.4) is 0 Å². The summed E-state index contributed by atoms with van der Waals surface area (Å²) in [6, 6.07) is 3.90. The van der Waals surface area contributed by atoms with Crippen molar-refractivity contribution in [3.63, 3.8) is 0 Å². The van der Waals surface area contributed by atoms with Crippen LogP contribution in [0, 0.1) is 19.7 Å². The van der Waals surface area contributed by atoms with Crippen LogP contribution >= 0.6 is 0 Å². The van der Waals surface area contributed by atoms with Crippen LogP contribution in [0.1, 0.15) is 17.0 Å². The number of H-pyrrole nitrogens is 1. The second kappa shape index (κ2) is 5.22. The van der Waals surface area contributed by atoms with Gasteiger partial charge in [0.1, 0.15) is 16.4 Å². The number of hydrogen-bond acceptors (Lipinski definition) is 4. The monoisotopic (exact) mass is 299 g/mol. The number of aromatic amines is 1. The number of benzene rings is 1. The summed E-state index contributed by atoms with van der Waals surface area (Å²) in [5.41, 5.74) is 0.930. The van der Waals surface area contributed by atoms with E-state index in [1.165, 1.54) is 32.0 Å². The molecule has 20 heavy (non-hydrogen) atoms. The molecule has 2 rings (SSSR count). The Morgan fingerprint density at radius 3 is 2.70 bits per heavy atom. The topological polar surface area (TPSA) is 95.1 Å². The third kappa shape index (κ3) is 2.66. The van der Waals surface area contributed by atoms with E-state index in [1.54, 1.807) is 0 Å². The van der Waals surface area contributed by atoms with Crippen LogP contribution in [0.15, 0.2) is 23.1 Å². The first-order chi connectivity index (χ1) is 9.35. The van der Waals surface area contributed by atoms with Crippen LogP contribution in [0.4, 0.5) is 10.1 Å². The summed E-state index contributed by atoms with van der Waals surface area (Å²) in [6.45, 7) is 2.58. The maximum absolute atomic E-state index is 13.2. The molecule has 0 bridgehead atoms. The standard InChI is InChI=1S/C12H14FN3O3S/c1-7-5-9(3-4-10(7)13)16-20(18,19)12-8(2)14-15-11(12)6-17/h3-5,16-17H,6H2,1-2H3,(H,14,15). The van der Waals surface area contributed by atoms with Crippen molar-refractivity contribution in [1.82, 2.24) is 10.2 Å². The largest absolute Gasteiger partial charge is 0.390 e. The Balaban J connectivity index is 2.40. The molecule has 0 aliphatic carbocycles. The first-order valence-corrected chi connectivity index (χ1v) is 7.27. The van der Waals surface area contributed by atoms with Crippen molar-refractivity contribution in [3.05, 3.63) is 41.0 Å². The number of aromatic nitrogens is 2. The third-order valence-corrected chi connectivity index (χ3v) is 4.37. The highest BCUT2D eigenvalue weighted by molar-refractivity contribution is 7.92. The van der Waals surface area contributed by atoms with Gasteiger partial charge in [-0.3, -0.25) is 9.82 Å². The first kappa shape index (κ1) is 14.5. The molecule has 6 nitrogen and oxygen atoms in total. The molecule has 1 aromatic carbocycles. The van der Waals surface area contributed by atoms with E-state index in [0.717, 1.165) is 0 Å². The highest BCUT2D eigenvalue weighted by Crippen LogP contribution is 2.22. The van der Waals surface area contributed by atoms with E-state index in [4.69, 9.17) is 5.11 Å². The molecule has 2 aromatic rings. The van der Waals surface area contributed by atoms with Crippen LogP contribution in [-0.2, 0) is 16.6 Å². The highest BCUT2D eigenvalue weighted by Gasteiger charge is 2.24. The van der Waals surface area contributed by atoms with Crippen molar-refractivity contribution in [2.24, 2.45) is 0 Å². The quantitative estimate of drug-likeness (QED) is 0.796. The van der Waals surface area contributed by atoms with E-state index in [9.17, 15) is 12.8 Å². The van der Waals surface area contributed by atoms with Crippen LogP contribution < -0.4 is 4.72 Å². The van der Waals surface area contributed by atoms with Crippen molar-refractivity contribution in [2.75, 3.05) is 4.72 Å². The van der Waals surface area contributed by atoms with Gasteiger partial charge in [-0.1, -0.05) is 0 Å². The molecule has 0 aliphatic rings. The number of halogens is 1. The molecule has 0 fully saturated rings. The molecule has 108 valence electrons. The number of nitrogens with one attached hydrogen (secondary N) is 2. The Morgan fingerprint density at radius 2 is 2.10 bits per heavy atom. The number of anilines is 1. The van der Waals surface area contributed by atoms with Gasteiger partial charge in [-0.2, -0.15) is 5.10 Å². The summed E-state index contributed by atoms with van der Waals surface area (Å²) in [5.74, 6) is -0.413. The smallest absolute Gasteiger partial charge is 0.265 e. The van der Waals surface area contributed by atoms with Crippen molar-refractivity contribution in [3.8, 4) is 0 Å². The van der Waals surface area contributed by atoms with Crippen molar-refractivity contribution >= 4 is 15.7 Å². The second-order valence-electron chi connectivity index (χ2n) is 4.35. The van der Waals surface area contributed by atoms with Gasteiger partial charge in [0.25, 0.3) is 10.0 Å². The van der Waals surface area contributed by atoms with Crippen LogP contribution in [0.25, 0.3) is 0 Å². The number of hydrogen-bond donors (Lipinski definition) is 3. The molecule has 0 saturated carbocycles. The Bertz CT molecular complexity index is 740. The Labute approximate surface area is 115 Å². The number of rotatable bonds is 4. The summed E-state index contributed by atoms with van der Waals surface area (Å²) in [4.78, 5) is -0.0954. The van der Waals surface area contributed by atoms with E-state index in [0.29, 0.717) is 11.3 Å². The van der Waals surface area contributed by atoms with Gasteiger partial charge < -0.3 is 5.11 Å². The SMILES string of the molecule is Cc1cc(NS(=O)(=O)c2c(CO)n[nH]c2C)ccc1F. The zero-order chi connectivity index (χ0) is 14.9. The molecular formula is C12H14FN3O3S. The fraction of sp³-hybridized carbons (Fsp3) is 0.250. The lowest BCUT2D eigenvalue weighted by Crippen LogP contribution is -2.15. The Morgan fingerprint density at radius 1 is 1.40 bits per heavy atom. The average molecular weight is 299 g/mol. The molecule has 0 atom stereocenters. The molecular weight excluding hydrogens is 285 g/mol. The van der Waals surface area contributed by atoms with Gasteiger partial charge in [0, 0.05) is 5.69 Å². The predicted molar refractivity (Wildman–Crippen MR) is 71.2 cm³/mol. The number of aliphatic hydroxyl groups excluding tert-OH is 1. The van der Waals surface area contributed by atoms with Crippen molar-refractivity contribution in [2.45, 2.75) is 25.3 Å². The van der Waals surface area contributed by atoms with E-state index >= 15 is 0 Å². The fourth-order valence-corrected chi connectivity index (χ4v) is 3.26. The molecule has 1 heterocycles. The minimum atomic E-state index is -3.90. The molecule has 0 saturated heterocycles. The van der Waals surface area contributed by atoms with Gasteiger partial charge >= 0.3 is 0 Å². The van der Waals surface area contributed by atoms with Gasteiger partial charge in [0.05, 0.1) is 12.3 Å². The highest BCUT2D eigenvalue weighted by atomic mass is 32.2. The average Bonchev–Trinajstić information content (AvgIpc) is 2.75. The minimum absolute atomic E-state index is 0.0360. The predicted octanol–water partition coefficient (Wildman–Crippen LogP) is 1.46. The molecule has 0 spiro atoms. The zero-order valence-corrected chi connectivity index (χ0v) is 11.8. The van der Waals surface area contributed by atoms with Gasteiger partial charge in [0.2, 0.25) is 0 Å². The van der Waals surface area contributed by atoms with Gasteiger partial charge in [0.15, 0.2) is 0 Å². The van der Waals surface area contributed by atoms with E-state index in [-0.39, 0.29) is 16.3 Å². The zero-order valence-electron chi connectivity index (χ0n) is 10.9. The van der Waals surface area contributed by atoms with Gasteiger partial charge in [-0.05, 0) is 37.6 Å². The van der Waals surface area contributed by atoms with Crippen molar-refractivity contribution < 1.29 is 17.9 Å². The number of nitrogens with zero attached hydrogens (tertiary/aromatic N) is 1. The normalized spacial score (nSPS) is 11.6. The minimum Gasteiger partial charge on any atom is -0.390 e.